The van der Waals surface area contributed by atoms with Crippen molar-refractivity contribution in [2.75, 3.05) is 19.0 Å². The van der Waals surface area contributed by atoms with Crippen molar-refractivity contribution < 1.29 is 9.84 Å². The van der Waals surface area contributed by atoms with Crippen molar-refractivity contribution in [2.45, 2.75) is 19.4 Å². The number of methoxy groups -OCH3 is 1. The van der Waals surface area contributed by atoms with Crippen molar-refractivity contribution in [3.63, 3.8) is 0 Å². The standard InChI is InChI=1S/C17H19N3O2S/c1-3-12(8-21)20-16-15-14(9-23-17(15)19-10-18-16)11-4-6-13(22-2)7-5-11/h4-7,9-10,12,21H,3,8H2,1-2H3,(H,18,19,20)/t12-/m0/s1. The molecule has 0 aliphatic carbocycles. The van der Waals surface area contributed by atoms with Crippen molar-refractivity contribution in [1.82, 2.24) is 9.97 Å². The van der Waals surface area contributed by atoms with Gasteiger partial charge >= 0.3 is 0 Å². The molecular formula is C17H19N3O2S. The third-order valence-electron chi connectivity index (χ3n) is 3.83. The molecule has 6 heteroatoms. The number of aliphatic hydroxyl groups excluding tert-OH is 1. The quantitative estimate of drug-likeness (QED) is 0.724. The molecule has 0 fully saturated rings. The van der Waals surface area contributed by atoms with E-state index in [0.29, 0.717) is 0 Å². The zero-order valence-corrected chi connectivity index (χ0v) is 13.9. The van der Waals surface area contributed by atoms with Crippen LogP contribution < -0.4 is 10.1 Å². The maximum Gasteiger partial charge on any atom is 0.139 e. The molecule has 0 amide bonds. The van der Waals surface area contributed by atoms with Crippen LogP contribution in [0, 0.1) is 0 Å². The molecule has 1 atom stereocenters. The zero-order chi connectivity index (χ0) is 16.2. The highest BCUT2D eigenvalue weighted by atomic mass is 32.1. The molecule has 0 unspecified atom stereocenters. The lowest BCUT2D eigenvalue weighted by Gasteiger charge is -2.15. The van der Waals surface area contributed by atoms with E-state index in [2.05, 4.69) is 20.7 Å². The molecule has 2 N–H and O–H groups in total. The fraction of sp³-hybridized carbons (Fsp3) is 0.294. The predicted molar refractivity (Wildman–Crippen MR) is 94.2 cm³/mol. The molecule has 3 aromatic rings. The third-order valence-corrected chi connectivity index (χ3v) is 4.71. The highest BCUT2D eigenvalue weighted by Gasteiger charge is 2.15. The maximum absolute atomic E-state index is 9.44. The van der Waals surface area contributed by atoms with Gasteiger partial charge in [-0.25, -0.2) is 9.97 Å². The molecule has 0 aliphatic rings. The van der Waals surface area contributed by atoms with Crippen LogP contribution in [0.1, 0.15) is 13.3 Å². The number of nitrogens with one attached hydrogen (secondary N) is 1. The molecular weight excluding hydrogens is 310 g/mol. The number of fused-ring (bicyclic) bond motifs is 1. The highest BCUT2D eigenvalue weighted by Crippen LogP contribution is 2.37. The zero-order valence-electron chi connectivity index (χ0n) is 13.1. The monoisotopic (exact) mass is 329 g/mol. The second-order valence-corrected chi connectivity index (χ2v) is 6.07. The van der Waals surface area contributed by atoms with Crippen LogP contribution in [0.4, 0.5) is 5.82 Å². The molecule has 0 radical (unpaired) electrons. The SMILES string of the molecule is CC[C@@H](CO)Nc1ncnc2scc(-c3ccc(OC)cc3)c12. The first-order valence-corrected chi connectivity index (χ1v) is 8.38. The Kier molecular flexibility index (Phi) is 4.73. The van der Waals surface area contributed by atoms with Crippen molar-refractivity contribution in [3.05, 3.63) is 36.0 Å². The van der Waals surface area contributed by atoms with Crippen LogP contribution in [0.2, 0.25) is 0 Å². The van der Waals surface area contributed by atoms with E-state index in [0.717, 1.165) is 39.3 Å². The first-order chi connectivity index (χ1) is 11.3. The van der Waals surface area contributed by atoms with E-state index < -0.39 is 0 Å². The molecule has 2 heterocycles. The van der Waals surface area contributed by atoms with Gasteiger partial charge in [0.25, 0.3) is 0 Å². The summed E-state index contributed by atoms with van der Waals surface area (Å²) in [6.45, 7) is 2.11. The summed E-state index contributed by atoms with van der Waals surface area (Å²) in [5.74, 6) is 1.59. The van der Waals surface area contributed by atoms with Crippen molar-refractivity contribution >= 4 is 27.4 Å². The largest absolute Gasteiger partial charge is 0.497 e. The number of rotatable bonds is 6. The number of aliphatic hydroxyl groups is 1. The number of thiophene rings is 1. The van der Waals surface area contributed by atoms with E-state index >= 15 is 0 Å². The molecule has 1 aromatic carbocycles. The number of anilines is 1. The van der Waals surface area contributed by atoms with Crippen LogP contribution in [0.25, 0.3) is 21.3 Å². The van der Waals surface area contributed by atoms with Crippen molar-refractivity contribution in [3.8, 4) is 16.9 Å². The Labute approximate surface area is 139 Å². The molecule has 2 aromatic heterocycles. The summed E-state index contributed by atoms with van der Waals surface area (Å²) >= 11 is 1.59. The molecule has 3 rings (SSSR count). The van der Waals surface area contributed by atoms with E-state index in [1.807, 2.05) is 31.2 Å². The first kappa shape index (κ1) is 15.7. The Morgan fingerprint density at radius 2 is 2.04 bits per heavy atom. The van der Waals surface area contributed by atoms with Gasteiger partial charge in [0.2, 0.25) is 0 Å². The number of ether oxygens (including phenoxy) is 1. The molecule has 0 aliphatic heterocycles. The summed E-state index contributed by atoms with van der Waals surface area (Å²) in [5, 5.41) is 15.8. The van der Waals surface area contributed by atoms with Gasteiger partial charge in [0.1, 0.15) is 22.7 Å². The smallest absolute Gasteiger partial charge is 0.139 e. The van der Waals surface area contributed by atoms with Crippen LogP contribution in [-0.2, 0) is 0 Å². The third kappa shape index (κ3) is 3.13. The Balaban J connectivity index is 2.06. The molecule has 0 saturated heterocycles. The molecule has 120 valence electrons. The minimum absolute atomic E-state index is 0.0169. The van der Waals surface area contributed by atoms with Gasteiger partial charge in [0.15, 0.2) is 0 Å². The number of nitrogens with zero attached hydrogens (tertiary/aromatic N) is 2. The van der Waals surface area contributed by atoms with E-state index in [1.165, 1.54) is 0 Å². The molecule has 5 nitrogen and oxygen atoms in total. The van der Waals surface area contributed by atoms with E-state index in [4.69, 9.17) is 4.74 Å². The molecule has 0 spiro atoms. The van der Waals surface area contributed by atoms with E-state index in [9.17, 15) is 5.11 Å². The Hall–Kier alpha value is -2.18. The Morgan fingerprint density at radius 3 is 2.70 bits per heavy atom. The normalized spacial score (nSPS) is 12.3. The van der Waals surface area contributed by atoms with Crippen molar-refractivity contribution in [1.29, 1.82) is 0 Å². The van der Waals surface area contributed by atoms with Gasteiger partial charge in [-0.1, -0.05) is 19.1 Å². The number of hydrogen-bond donors (Lipinski definition) is 2. The average molecular weight is 329 g/mol. The summed E-state index contributed by atoms with van der Waals surface area (Å²) in [4.78, 5) is 9.68. The van der Waals surface area contributed by atoms with Crippen LogP contribution in [0.15, 0.2) is 36.0 Å². The molecule has 23 heavy (non-hydrogen) atoms. The van der Waals surface area contributed by atoms with Crippen LogP contribution >= 0.6 is 11.3 Å². The summed E-state index contributed by atoms with van der Waals surface area (Å²) in [6.07, 6.45) is 2.38. The molecule has 0 saturated carbocycles. The summed E-state index contributed by atoms with van der Waals surface area (Å²) < 4.78 is 5.22. The van der Waals surface area contributed by atoms with Crippen molar-refractivity contribution in [2.24, 2.45) is 0 Å². The first-order valence-electron chi connectivity index (χ1n) is 7.50. The average Bonchev–Trinajstić information content (AvgIpc) is 3.04. The van der Waals surface area contributed by atoms with Crippen LogP contribution in [0.5, 0.6) is 5.75 Å². The topological polar surface area (TPSA) is 67.3 Å². The van der Waals surface area contributed by atoms with E-state index in [-0.39, 0.29) is 12.6 Å². The van der Waals surface area contributed by atoms with Gasteiger partial charge in [0, 0.05) is 10.9 Å². The van der Waals surface area contributed by atoms with Gasteiger partial charge in [0.05, 0.1) is 25.1 Å². The van der Waals surface area contributed by atoms with Gasteiger partial charge in [-0.05, 0) is 24.1 Å². The number of benzene rings is 1. The number of hydrogen-bond acceptors (Lipinski definition) is 6. The summed E-state index contributed by atoms with van der Waals surface area (Å²) in [7, 11) is 1.66. The van der Waals surface area contributed by atoms with Gasteiger partial charge in [-0.3, -0.25) is 0 Å². The molecule has 0 bridgehead atoms. The highest BCUT2D eigenvalue weighted by molar-refractivity contribution is 7.17. The second kappa shape index (κ2) is 6.93. The summed E-state index contributed by atoms with van der Waals surface area (Å²) in [5.41, 5.74) is 2.18. The van der Waals surface area contributed by atoms with E-state index in [1.54, 1.807) is 24.8 Å². The van der Waals surface area contributed by atoms with Crippen LogP contribution in [0.3, 0.4) is 0 Å². The fourth-order valence-electron chi connectivity index (χ4n) is 2.44. The Morgan fingerprint density at radius 1 is 1.26 bits per heavy atom. The summed E-state index contributed by atoms with van der Waals surface area (Å²) in [6, 6.07) is 7.93. The Bertz CT molecular complexity index is 782. The number of aromatic nitrogens is 2. The van der Waals surface area contributed by atoms with Gasteiger partial charge in [-0.2, -0.15) is 0 Å². The minimum Gasteiger partial charge on any atom is -0.497 e. The second-order valence-electron chi connectivity index (χ2n) is 5.21. The lowest BCUT2D eigenvalue weighted by molar-refractivity contribution is 0.271. The lowest BCUT2D eigenvalue weighted by Crippen LogP contribution is -2.23. The minimum atomic E-state index is -0.0169. The van der Waals surface area contributed by atoms with Gasteiger partial charge in [-0.15, -0.1) is 11.3 Å². The van der Waals surface area contributed by atoms with Gasteiger partial charge < -0.3 is 15.2 Å². The van der Waals surface area contributed by atoms with Crippen LogP contribution in [-0.4, -0.2) is 34.8 Å². The predicted octanol–water partition coefficient (Wildman–Crippen LogP) is 3.55. The fourth-order valence-corrected chi connectivity index (χ4v) is 3.35. The lowest BCUT2D eigenvalue weighted by atomic mass is 10.1. The maximum atomic E-state index is 9.44.